The summed E-state index contributed by atoms with van der Waals surface area (Å²) in [6, 6.07) is 6.44. The Hall–Kier alpha value is -1.54. The second kappa shape index (κ2) is 6.13. The topological polar surface area (TPSA) is 52.9 Å². The van der Waals surface area contributed by atoms with Gasteiger partial charge < -0.3 is 5.32 Å². The SMILES string of the molecule is Cc1ccc(F)c(NC(=O)CSCC#N)c1. The van der Waals surface area contributed by atoms with Crippen LogP contribution in [-0.4, -0.2) is 17.4 Å². The molecule has 0 saturated heterocycles. The van der Waals surface area contributed by atoms with Crippen molar-refractivity contribution >= 4 is 23.4 Å². The van der Waals surface area contributed by atoms with E-state index in [9.17, 15) is 9.18 Å². The largest absolute Gasteiger partial charge is 0.323 e. The monoisotopic (exact) mass is 238 g/mol. The highest BCUT2D eigenvalue weighted by Crippen LogP contribution is 2.15. The molecule has 0 radical (unpaired) electrons. The van der Waals surface area contributed by atoms with Gasteiger partial charge >= 0.3 is 0 Å². The maximum absolute atomic E-state index is 13.2. The highest BCUT2D eigenvalue weighted by Gasteiger charge is 2.06. The first-order chi connectivity index (χ1) is 7.63. The van der Waals surface area contributed by atoms with Crippen molar-refractivity contribution in [3.05, 3.63) is 29.6 Å². The highest BCUT2D eigenvalue weighted by molar-refractivity contribution is 8.00. The summed E-state index contributed by atoms with van der Waals surface area (Å²) in [7, 11) is 0. The van der Waals surface area contributed by atoms with Crippen LogP contribution in [0.15, 0.2) is 18.2 Å². The van der Waals surface area contributed by atoms with Crippen molar-refractivity contribution in [1.29, 1.82) is 5.26 Å². The molecule has 0 fully saturated rings. The molecule has 1 aromatic carbocycles. The van der Waals surface area contributed by atoms with Crippen molar-refractivity contribution in [3.63, 3.8) is 0 Å². The Kier molecular flexibility index (Phi) is 4.80. The number of amides is 1. The molecular weight excluding hydrogens is 227 g/mol. The molecule has 0 spiro atoms. The Bertz CT molecular complexity index is 428. The fraction of sp³-hybridized carbons (Fsp3) is 0.273. The molecule has 1 amide bonds. The van der Waals surface area contributed by atoms with Gasteiger partial charge in [-0.15, -0.1) is 11.8 Å². The van der Waals surface area contributed by atoms with E-state index < -0.39 is 5.82 Å². The third-order valence-electron chi connectivity index (χ3n) is 1.80. The Balaban J connectivity index is 2.56. The maximum atomic E-state index is 13.2. The number of aryl methyl sites for hydroxylation is 1. The fourth-order valence-electron chi connectivity index (χ4n) is 1.11. The number of carbonyl (C=O) groups excluding carboxylic acids is 1. The van der Waals surface area contributed by atoms with Crippen LogP contribution < -0.4 is 5.32 Å². The van der Waals surface area contributed by atoms with Gasteiger partial charge in [0.2, 0.25) is 5.91 Å². The Morgan fingerprint density at radius 2 is 2.38 bits per heavy atom. The number of hydrogen-bond acceptors (Lipinski definition) is 3. The zero-order valence-electron chi connectivity index (χ0n) is 8.79. The van der Waals surface area contributed by atoms with Gasteiger partial charge in [0, 0.05) is 0 Å². The minimum absolute atomic E-state index is 0.154. The molecular formula is C11H11FN2OS. The minimum atomic E-state index is -0.454. The van der Waals surface area contributed by atoms with Gasteiger partial charge in [-0.2, -0.15) is 5.26 Å². The Morgan fingerprint density at radius 3 is 3.06 bits per heavy atom. The van der Waals surface area contributed by atoms with Crippen LogP contribution >= 0.6 is 11.8 Å². The number of nitriles is 1. The van der Waals surface area contributed by atoms with E-state index in [0.717, 1.165) is 5.56 Å². The summed E-state index contributed by atoms with van der Waals surface area (Å²) in [4.78, 5) is 11.3. The number of anilines is 1. The van der Waals surface area contributed by atoms with Crippen molar-refractivity contribution < 1.29 is 9.18 Å². The van der Waals surface area contributed by atoms with Crippen LogP contribution in [0.1, 0.15) is 5.56 Å². The zero-order chi connectivity index (χ0) is 12.0. The van der Waals surface area contributed by atoms with Crippen LogP contribution in [0.25, 0.3) is 0 Å². The van der Waals surface area contributed by atoms with E-state index in [2.05, 4.69) is 5.32 Å². The van der Waals surface area contributed by atoms with Crippen LogP contribution in [0.3, 0.4) is 0 Å². The number of benzene rings is 1. The lowest BCUT2D eigenvalue weighted by molar-refractivity contribution is -0.113. The van der Waals surface area contributed by atoms with Gasteiger partial charge in [-0.1, -0.05) is 6.07 Å². The van der Waals surface area contributed by atoms with Crippen LogP contribution in [0.4, 0.5) is 10.1 Å². The van der Waals surface area contributed by atoms with Crippen LogP contribution in [-0.2, 0) is 4.79 Å². The van der Waals surface area contributed by atoms with E-state index in [0.29, 0.717) is 0 Å². The molecule has 0 aromatic heterocycles. The lowest BCUT2D eigenvalue weighted by Gasteiger charge is -2.06. The van der Waals surface area contributed by atoms with Crippen molar-refractivity contribution in [2.24, 2.45) is 0 Å². The van der Waals surface area contributed by atoms with Gasteiger partial charge in [-0.05, 0) is 24.6 Å². The average molecular weight is 238 g/mol. The molecule has 5 heteroatoms. The highest BCUT2D eigenvalue weighted by atomic mass is 32.2. The Labute approximate surface area is 97.6 Å². The summed E-state index contributed by atoms with van der Waals surface area (Å²) in [5.41, 5.74) is 1.06. The normalized spacial score (nSPS) is 9.56. The summed E-state index contributed by atoms with van der Waals surface area (Å²) >= 11 is 1.20. The minimum Gasteiger partial charge on any atom is -0.323 e. The smallest absolute Gasteiger partial charge is 0.234 e. The lowest BCUT2D eigenvalue weighted by Crippen LogP contribution is -2.15. The molecule has 0 atom stereocenters. The van der Waals surface area contributed by atoms with Gasteiger partial charge in [0.15, 0.2) is 0 Å². The average Bonchev–Trinajstić information content (AvgIpc) is 2.24. The number of nitrogens with zero attached hydrogens (tertiary/aromatic N) is 1. The van der Waals surface area contributed by atoms with Crippen LogP contribution in [0, 0.1) is 24.1 Å². The molecule has 16 heavy (non-hydrogen) atoms. The molecule has 1 aromatic rings. The summed E-state index contributed by atoms with van der Waals surface area (Å²) in [6.07, 6.45) is 0. The molecule has 0 aliphatic carbocycles. The molecule has 0 saturated carbocycles. The van der Waals surface area contributed by atoms with Crippen molar-refractivity contribution in [1.82, 2.24) is 0 Å². The summed E-state index contributed by atoms with van der Waals surface area (Å²) in [5, 5.41) is 10.8. The standard InChI is InChI=1S/C11H11FN2OS/c1-8-2-3-9(12)10(6-8)14-11(15)7-16-5-4-13/h2-3,6H,5,7H2,1H3,(H,14,15). The molecule has 1 rings (SSSR count). The molecule has 0 aliphatic rings. The van der Waals surface area contributed by atoms with Crippen molar-refractivity contribution in [2.45, 2.75) is 6.92 Å². The first-order valence-electron chi connectivity index (χ1n) is 4.64. The Morgan fingerprint density at radius 1 is 1.62 bits per heavy atom. The second-order valence-electron chi connectivity index (χ2n) is 3.18. The summed E-state index contributed by atoms with van der Waals surface area (Å²) in [6.45, 7) is 1.82. The van der Waals surface area contributed by atoms with Gasteiger partial charge in [0.25, 0.3) is 0 Å². The fourth-order valence-corrected chi connectivity index (χ4v) is 1.56. The van der Waals surface area contributed by atoms with Gasteiger partial charge in [0.1, 0.15) is 5.82 Å². The van der Waals surface area contributed by atoms with Gasteiger partial charge in [0.05, 0.1) is 23.3 Å². The first-order valence-corrected chi connectivity index (χ1v) is 5.79. The van der Waals surface area contributed by atoms with E-state index in [4.69, 9.17) is 5.26 Å². The second-order valence-corrected chi connectivity index (χ2v) is 4.17. The molecule has 0 heterocycles. The number of carbonyl (C=O) groups is 1. The van der Waals surface area contributed by atoms with Crippen LogP contribution in [0.5, 0.6) is 0 Å². The van der Waals surface area contributed by atoms with Crippen molar-refractivity contribution in [2.75, 3.05) is 16.8 Å². The van der Waals surface area contributed by atoms with Crippen LogP contribution in [0.2, 0.25) is 0 Å². The number of halogens is 1. The van der Waals surface area contributed by atoms with Gasteiger partial charge in [-0.25, -0.2) is 4.39 Å². The zero-order valence-corrected chi connectivity index (χ0v) is 9.60. The summed E-state index contributed by atoms with van der Waals surface area (Å²) in [5.74, 6) is -0.348. The molecule has 0 unspecified atom stereocenters. The molecule has 84 valence electrons. The number of nitrogens with one attached hydrogen (secondary N) is 1. The molecule has 0 aliphatic heterocycles. The molecule has 1 N–H and O–H groups in total. The summed E-state index contributed by atoms with van der Waals surface area (Å²) < 4.78 is 13.2. The molecule has 3 nitrogen and oxygen atoms in total. The number of hydrogen-bond donors (Lipinski definition) is 1. The van der Waals surface area contributed by atoms with E-state index in [1.54, 1.807) is 12.1 Å². The molecule has 0 bridgehead atoms. The van der Waals surface area contributed by atoms with Crippen molar-refractivity contribution in [3.8, 4) is 6.07 Å². The van der Waals surface area contributed by atoms with Gasteiger partial charge in [-0.3, -0.25) is 4.79 Å². The van der Waals surface area contributed by atoms with E-state index >= 15 is 0 Å². The predicted molar refractivity (Wildman–Crippen MR) is 62.7 cm³/mol. The third-order valence-corrected chi connectivity index (χ3v) is 2.60. The van der Waals surface area contributed by atoms with E-state index in [1.165, 1.54) is 17.8 Å². The third kappa shape index (κ3) is 3.91. The van der Waals surface area contributed by atoms with E-state index in [-0.39, 0.29) is 23.1 Å². The number of thioether (sulfide) groups is 1. The first kappa shape index (κ1) is 12.5. The lowest BCUT2D eigenvalue weighted by atomic mass is 10.2. The number of rotatable bonds is 4. The quantitative estimate of drug-likeness (QED) is 0.819. The van der Waals surface area contributed by atoms with E-state index in [1.807, 2.05) is 13.0 Å². The maximum Gasteiger partial charge on any atom is 0.234 e. The predicted octanol–water partition coefficient (Wildman–Crippen LogP) is 2.33.